The van der Waals surface area contributed by atoms with E-state index >= 15 is 0 Å². The average Bonchev–Trinajstić information content (AvgIpc) is 2.95. The number of benzene rings is 1. The van der Waals surface area contributed by atoms with E-state index in [4.69, 9.17) is 19.4 Å². The van der Waals surface area contributed by atoms with E-state index in [0.29, 0.717) is 6.61 Å². The van der Waals surface area contributed by atoms with E-state index in [-0.39, 0.29) is 6.61 Å². The molecule has 1 heterocycles. The number of nitriles is 1. The Hall–Kier alpha value is -2.81. The largest absolute Gasteiger partial charge is 0.493 e. The van der Waals surface area contributed by atoms with Crippen LogP contribution in [0.15, 0.2) is 27.9 Å². The van der Waals surface area contributed by atoms with Crippen LogP contribution in [-0.4, -0.2) is 24.6 Å². The predicted octanol–water partition coefficient (Wildman–Crippen LogP) is 3.49. The molecule has 6 nitrogen and oxygen atoms in total. The Morgan fingerprint density at radius 1 is 1.25 bits per heavy atom. The van der Waals surface area contributed by atoms with Crippen molar-refractivity contribution in [2.24, 2.45) is 5.16 Å². The van der Waals surface area contributed by atoms with Gasteiger partial charge in [0.05, 0.1) is 18.5 Å². The van der Waals surface area contributed by atoms with Crippen LogP contribution in [0.25, 0.3) is 0 Å². The third kappa shape index (κ3) is 5.13. The number of hydrogen-bond donors (Lipinski definition) is 0. The zero-order chi connectivity index (χ0) is 17.4. The molecule has 0 unspecified atom stereocenters. The van der Waals surface area contributed by atoms with Crippen LogP contribution in [0.3, 0.4) is 0 Å². The molecule has 0 aliphatic rings. The molecule has 0 aliphatic carbocycles. The van der Waals surface area contributed by atoms with Gasteiger partial charge in [0.1, 0.15) is 17.6 Å². The zero-order valence-corrected chi connectivity index (χ0v) is 14.2. The van der Waals surface area contributed by atoms with Gasteiger partial charge in [0.25, 0.3) is 0 Å². The molecule has 0 spiro atoms. The van der Waals surface area contributed by atoms with E-state index < -0.39 is 0 Å². The maximum Gasteiger partial charge on any atom is 0.202 e. The second kappa shape index (κ2) is 8.73. The summed E-state index contributed by atoms with van der Waals surface area (Å²) in [5.41, 5.74) is 3.88. The lowest BCUT2D eigenvalue weighted by Gasteiger charge is -2.12. The molecule has 0 radical (unpaired) electrons. The van der Waals surface area contributed by atoms with Crippen molar-refractivity contribution in [1.29, 1.82) is 5.26 Å². The average molecular weight is 327 g/mol. The summed E-state index contributed by atoms with van der Waals surface area (Å²) in [5.74, 6) is 1.77. The highest BCUT2D eigenvalue weighted by Gasteiger charge is 2.07. The summed E-state index contributed by atoms with van der Waals surface area (Å²) < 4.78 is 11.1. The van der Waals surface area contributed by atoms with Crippen LogP contribution in [0.4, 0.5) is 0 Å². The maximum absolute atomic E-state index is 8.39. The number of ether oxygens (including phenoxy) is 1. The van der Waals surface area contributed by atoms with Crippen LogP contribution in [0.5, 0.6) is 5.75 Å². The Labute approximate surface area is 141 Å². The van der Waals surface area contributed by atoms with Gasteiger partial charge in [-0.15, -0.1) is 0 Å². The van der Waals surface area contributed by atoms with Gasteiger partial charge in [-0.25, -0.2) is 0 Å². The highest BCUT2D eigenvalue weighted by molar-refractivity contribution is 5.80. The van der Waals surface area contributed by atoms with Crippen molar-refractivity contribution in [3.63, 3.8) is 0 Å². The van der Waals surface area contributed by atoms with Crippen LogP contribution in [-0.2, 0) is 11.3 Å². The molecule has 24 heavy (non-hydrogen) atoms. The molecular weight excluding hydrogens is 306 g/mol. The number of nitrogens with zero attached hydrogens (tertiary/aromatic N) is 3. The minimum absolute atomic E-state index is 0.0552. The molecular formula is C18H21N3O3. The lowest BCUT2D eigenvalue weighted by molar-refractivity contribution is 0.180. The number of aryl methyl sites for hydroxylation is 4. The summed E-state index contributed by atoms with van der Waals surface area (Å²) in [6.45, 7) is 6.46. The summed E-state index contributed by atoms with van der Waals surface area (Å²) in [6, 6.07) is 7.75. The van der Waals surface area contributed by atoms with E-state index in [1.165, 1.54) is 0 Å². The minimum atomic E-state index is -0.0552. The van der Waals surface area contributed by atoms with Crippen molar-refractivity contribution in [3.05, 3.63) is 46.3 Å². The lowest BCUT2D eigenvalue weighted by atomic mass is 10.1. The molecule has 2 rings (SSSR count). The van der Waals surface area contributed by atoms with Gasteiger partial charge >= 0.3 is 0 Å². The smallest absolute Gasteiger partial charge is 0.202 e. The first kappa shape index (κ1) is 17.5. The molecule has 0 atom stereocenters. The molecule has 0 saturated carbocycles. The lowest BCUT2D eigenvalue weighted by Crippen LogP contribution is -2.03. The van der Waals surface area contributed by atoms with Gasteiger partial charge in [0.2, 0.25) is 6.61 Å². The quantitative estimate of drug-likeness (QED) is 0.421. The first-order valence-electron chi connectivity index (χ1n) is 7.78. The summed E-state index contributed by atoms with van der Waals surface area (Å²) in [7, 11) is 0. The van der Waals surface area contributed by atoms with E-state index in [0.717, 1.165) is 46.7 Å². The van der Waals surface area contributed by atoms with E-state index in [9.17, 15) is 0 Å². The van der Waals surface area contributed by atoms with Crippen LogP contribution in [0, 0.1) is 32.1 Å². The van der Waals surface area contributed by atoms with Crippen molar-refractivity contribution in [1.82, 2.24) is 5.16 Å². The van der Waals surface area contributed by atoms with Crippen molar-refractivity contribution in [2.75, 3.05) is 13.2 Å². The van der Waals surface area contributed by atoms with Crippen LogP contribution >= 0.6 is 0 Å². The second-order valence-electron chi connectivity index (χ2n) is 5.54. The SMILES string of the molecule is Cc1cc(CCCOc2c(C)cc(C=NOCC#N)cc2C)on1. The molecule has 0 N–H and O–H groups in total. The van der Waals surface area contributed by atoms with E-state index in [1.807, 2.05) is 45.0 Å². The Bertz CT molecular complexity index is 721. The van der Waals surface area contributed by atoms with Gasteiger partial charge in [-0.2, -0.15) is 5.26 Å². The first-order valence-corrected chi connectivity index (χ1v) is 7.78. The van der Waals surface area contributed by atoms with Gasteiger partial charge in [-0.3, -0.25) is 0 Å². The molecule has 0 aliphatic heterocycles. The monoisotopic (exact) mass is 327 g/mol. The number of rotatable bonds is 8. The first-order chi connectivity index (χ1) is 11.6. The van der Waals surface area contributed by atoms with Crippen LogP contribution < -0.4 is 4.74 Å². The molecule has 1 aromatic heterocycles. The third-order valence-corrected chi connectivity index (χ3v) is 3.38. The second-order valence-corrected chi connectivity index (χ2v) is 5.54. The number of aromatic nitrogens is 1. The standard InChI is InChI=1S/C18H21N3O3/c1-13-9-16(12-20-23-8-6-19)10-14(2)18(13)22-7-4-5-17-11-15(3)21-24-17/h9-12H,4-5,7-8H2,1-3H3. The Balaban J connectivity index is 1.88. The van der Waals surface area contributed by atoms with Crippen molar-refractivity contribution >= 4 is 6.21 Å². The van der Waals surface area contributed by atoms with Gasteiger partial charge in [0.15, 0.2) is 0 Å². The Kier molecular flexibility index (Phi) is 6.38. The molecule has 126 valence electrons. The van der Waals surface area contributed by atoms with Crippen molar-refractivity contribution < 1.29 is 14.1 Å². The van der Waals surface area contributed by atoms with Gasteiger partial charge in [-0.1, -0.05) is 10.3 Å². The fourth-order valence-electron chi connectivity index (χ4n) is 2.40. The van der Waals surface area contributed by atoms with Crippen LogP contribution in [0.1, 0.15) is 34.6 Å². The molecule has 0 saturated heterocycles. The predicted molar refractivity (Wildman–Crippen MR) is 90.1 cm³/mol. The third-order valence-electron chi connectivity index (χ3n) is 3.38. The highest BCUT2D eigenvalue weighted by atomic mass is 16.6. The normalized spacial score (nSPS) is 10.8. The fourth-order valence-corrected chi connectivity index (χ4v) is 2.40. The molecule has 6 heteroatoms. The van der Waals surface area contributed by atoms with Gasteiger partial charge < -0.3 is 14.1 Å². The Morgan fingerprint density at radius 3 is 2.62 bits per heavy atom. The molecule has 2 aromatic rings. The number of oxime groups is 1. The summed E-state index contributed by atoms with van der Waals surface area (Å²) in [6.07, 6.45) is 3.26. The fraction of sp³-hybridized carbons (Fsp3) is 0.389. The van der Waals surface area contributed by atoms with E-state index in [2.05, 4.69) is 10.3 Å². The maximum atomic E-state index is 8.39. The summed E-state index contributed by atoms with van der Waals surface area (Å²) >= 11 is 0. The van der Waals surface area contributed by atoms with Crippen molar-refractivity contribution in [3.8, 4) is 11.8 Å². The highest BCUT2D eigenvalue weighted by Crippen LogP contribution is 2.24. The van der Waals surface area contributed by atoms with Crippen LogP contribution in [0.2, 0.25) is 0 Å². The van der Waals surface area contributed by atoms with Crippen molar-refractivity contribution in [2.45, 2.75) is 33.6 Å². The molecule has 0 amide bonds. The van der Waals surface area contributed by atoms with Gasteiger partial charge in [-0.05, 0) is 56.0 Å². The van der Waals surface area contributed by atoms with E-state index in [1.54, 1.807) is 6.21 Å². The minimum Gasteiger partial charge on any atom is -0.493 e. The summed E-state index contributed by atoms with van der Waals surface area (Å²) in [4.78, 5) is 4.78. The Morgan fingerprint density at radius 2 is 2.00 bits per heavy atom. The topological polar surface area (TPSA) is 80.6 Å². The molecule has 0 fully saturated rings. The number of hydrogen-bond acceptors (Lipinski definition) is 6. The molecule has 1 aromatic carbocycles. The molecule has 0 bridgehead atoms. The zero-order valence-electron chi connectivity index (χ0n) is 14.2. The summed E-state index contributed by atoms with van der Waals surface area (Å²) in [5, 5.41) is 16.0. The van der Waals surface area contributed by atoms with Gasteiger partial charge in [0, 0.05) is 12.5 Å².